The quantitative estimate of drug-likeness (QED) is 0.0222. The molecule has 4 unspecified atom stereocenters. The summed E-state index contributed by atoms with van der Waals surface area (Å²) < 4.78 is 67.9. The maximum atomic E-state index is 13.0. The minimum Gasteiger partial charge on any atom is -0.462 e. The average molecular weight is 1210 g/mol. The Hall–Kier alpha value is -1.94. The van der Waals surface area contributed by atoms with Crippen molar-refractivity contribution in [2.75, 3.05) is 39.6 Å². The van der Waals surface area contributed by atoms with Gasteiger partial charge in [-0.25, -0.2) is 9.13 Å². The molecule has 0 aliphatic heterocycles. The molecular weight excluding hydrogens is 1090 g/mol. The number of phosphoric acid groups is 2. The van der Waals surface area contributed by atoms with Crippen LogP contribution in [0.4, 0.5) is 0 Å². The summed E-state index contributed by atoms with van der Waals surface area (Å²) in [5.41, 5.74) is 0. The Morgan fingerprint density at radius 3 is 0.866 bits per heavy atom. The van der Waals surface area contributed by atoms with E-state index in [1.807, 2.05) is 0 Å². The first kappa shape index (κ1) is 80.1. The van der Waals surface area contributed by atoms with Gasteiger partial charge in [-0.05, 0) is 37.5 Å². The monoisotopic (exact) mass is 1210 g/mol. The normalized spacial score (nSPS) is 15.0. The molecule has 0 spiro atoms. The van der Waals surface area contributed by atoms with Crippen molar-refractivity contribution in [3.63, 3.8) is 0 Å². The maximum absolute atomic E-state index is 13.0. The second-order valence-electron chi connectivity index (χ2n) is 23.3. The summed E-state index contributed by atoms with van der Waals surface area (Å²) in [5, 5.41) is 10.5. The number of esters is 4. The van der Waals surface area contributed by atoms with Crippen LogP contribution in [0.2, 0.25) is 0 Å². The number of aliphatic hydroxyl groups is 1. The number of phosphoric ester groups is 2. The van der Waals surface area contributed by atoms with Crippen LogP contribution in [-0.2, 0) is 65.4 Å². The van der Waals surface area contributed by atoms with Crippen molar-refractivity contribution in [1.29, 1.82) is 0 Å². The van der Waals surface area contributed by atoms with Crippen LogP contribution in [0.1, 0.15) is 311 Å². The molecule has 0 heterocycles. The van der Waals surface area contributed by atoms with Gasteiger partial charge in [0.25, 0.3) is 0 Å². The van der Waals surface area contributed by atoms with Crippen LogP contribution in [0.5, 0.6) is 0 Å². The van der Waals surface area contributed by atoms with Crippen LogP contribution in [-0.4, -0.2) is 96.7 Å². The van der Waals surface area contributed by atoms with Crippen LogP contribution in [0.3, 0.4) is 0 Å². The van der Waals surface area contributed by atoms with Gasteiger partial charge in [-0.15, -0.1) is 0 Å². The first-order valence-corrected chi connectivity index (χ1v) is 36.1. The van der Waals surface area contributed by atoms with Gasteiger partial charge in [-0.2, -0.15) is 0 Å². The van der Waals surface area contributed by atoms with Crippen molar-refractivity contribution in [1.82, 2.24) is 0 Å². The number of rotatable bonds is 62. The minimum atomic E-state index is -4.94. The van der Waals surface area contributed by atoms with Gasteiger partial charge in [0, 0.05) is 25.7 Å². The van der Waals surface area contributed by atoms with E-state index in [0.29, 0.717) is 25.7 Å². The highest BCUT2D eigenvalue weighted by Crippen LogP contribution is 2.45. The number of aliphatic hydroxyl groups excluding tert-OH is 1. The SMILES string of the molecule is CCCCCCCCCCCCCC(=O)OC[C@H](COP(=O)(O)OC[C@@H](O)COP(=O)(O)OC[C@@H](COC(=O)CCCCCCCCCCC)OC(=O)CCCCCCCCC(C)CC)OC(=O)CCCCCCCCCCC(C)CC. The summed E-state index contributed by atoms with van der Waals surface area (Å²) in [4.78, 5) is 72.1. The molecule has 0 fully saturated rings. The molecule has 0 aromatic rings. The molecule has 7 atom stereocenters. The van der Waals surface area contributed by atoms with Crippen LogP contribution >= 0.6 is 15.6 Å². The van der Waals surface area contributed by atoms with E-state index in [9.17, 15) is 43.2 Å². The number of carbonyl (C=O) groups is 4. The zero-order chi connectivity index (χ0) is 60.8. The summed E-state index contributed by atoms with van der Waals surface area (Å²) >= 11 is 0. The molecule has 0 amide bonds. The standard InChI is InChI=1S/C63H122O17P2/c1-7-11-13-15-17-19-20-22-27-34-40-46-61(66)74-51-58(79-62(67)47-41-35-28-24-23-25-31-37-43-55(5)9-3)53-77-81(69,70)75-49-57(64)50-76-82(71,72)78-54-59(52-73-60(65)45-39-33-26-21-18-16-14-12-8-2)80-63(68)48-42-36-30-29-32-38-44-56(6)10-4/h55-59,64H,7-54H2,1-6H3,(H,69,70)(H,71,72)/t55?,56?,57-,58-,59-/m1/s1. The van der Waals surface area contributed by atoms with E-state index in [1.165, 1.54) is 128 Å². The number of hydrogen-bond acceptors (Lipinski definition) is 15. The molecule has 0 radical (unpaired) electrons. The molecule has 0 aromatic heterocycles. The van der Waals surface area contributed by atoms with Crippen LogP contribution < -0.4 is 0 Å². The Kier molecular flexibility index (Phi) is 54.3. The maximum Gasteiger partial charge on any atom is 0.472 e. The highest BCUT2D eigenvalue weighted by atomic mass is 31.2. The Morgan fingerprint density at radius 1 is 0.341 bits per heavy atom. The average Bonchev–Trinajstić information content (AvgIpc) is 3.47. The van der Waals surface area contributed by atoms with E-state index in [2.05, 4.69) is 41.5 Å². The fraction of sp³-hybridized carbons (Fsp3) is 0.937. The molecule has 0 aliphatic rings. The second kappa shape index (κ2) is 55.6. The summed E-state index contributed by atoms with van der Waals surface area (Å²) in [6.07, 6.45) is 37.5. The molecule has 0 aromatic carbocycles. The Bertz CT molecular complexity index is 1620. The molecule has 0 saturated heterocycles. The molecule has 0 saturated carbocycles. The topological polar surface area (TPSA) is 237 Å². The van der Waals surface area contributed by atoms with E-state index in [1.54, 1.807) is 0 Å². The molecular formula is C63H122O17P2. The van der Waals surface area contributed by atoms with E-state index in [4.69, 9.17) is 37.0 Å². The number of hydrogen-bond donors (Lipinski definition) is 3. The van der Waals surface area contributed by atoms with Gasteiger partial charge in [-0.3, -0.25) is 37.3 Å². The molecule has 19 heteroatoms. The van der Waals surface area contributed by atoms with Gasteiger partial charge in [-0.1, -0.05) is 260 Å². The Labute approximate surface area is 498 Å². The molecule has 3 N–H and O–H groups in total. The second-order valence-corrected chi connectivity index (χ2v) is 26.2. The summed E-state index contributed by atoms with van der Waals surface area (Å²) in [6, 6.07) is 0. The van der Waals surface area contributed by atoms with Crippen molar-refractivity contribution in [3.8, 4) is 0 Å². The minimum absolute atomic E-state index is 0.103. The lowest BCUT2D eigenvalue weighted by molar-refractivity contribution is -0.161. The largest absolute Gasteiger partial charge is 0.472 e. The molecule has 0 aliphatic carbocycles. The number of ether oxygens (including phenoxy) is 4. The molecule has 82 heavy (non-hydrogen) atoms. The van der Waals surface area contributed by atoms with Gasteiger partial charge in [0.1, 0.15) is 19.3 Å². The van der Waals surface area contributed by atoms with Crippen molar-refractivity contribution in [2.24, 2.45) is 11.8 Å². The van der Waals surface area contributed by atoms with E-state index < -0.39 is 97.5 Å². The fourth-order valence-electron chi connectivity index (χ4n) is 9.29. The fourth-order valence-corrected chi connectivity index (χ4v) is 10.9. The molecule has 17 nitrogen and oxygen atoms in total. The van der Waals surface area contributed by atoms with Gasteiger partial charge < -0.3 is 33.8 Å². The van der Waals surface area contributed by atoms with E-state index in [-0.39, 0.29) is 25.7 Å². The third kappa shape index (κ3) is 54.7. The summed E-state index contributed by atoms with van der Waals surface area (Å²) in [5.74, 6) is -0.649. The smallest absolute Gasteiger partial charge is 0.462 e. The van der Waals surface area contributed by atoms with E-state index in [0.717, 1.165) is 102 Å². The third-order valence-corrected chi connectivity index (χ3v) is 17.1. The van der Waals surface area contributed by atoms with Crippen molar-refractivity contribution in [2.45, 2.75) is 330 Å². The van der Waals surface area contributed by atoms with Crippen LogP contribution in [0, 0.1) is 11.8 Å². The summed E-state index contributed by atoms with van der Waals surface area (Å²) in [6.45, 7) is 9.42. The predicted octanol–water partition coefficient (Wildman–Crippen LogP) is 17.3. The van der Waals surface area contributed by atoms with Gasteiger partial charge in [0.2, 0.25) is 0 Å². The highest BCUT2D eigenvalue weighted by Gasteiger charge is 2.30. The van der Waals surface area contributed by atoms with Crippen molar-refractivity contribution < 1.29 is 80.2 Å². The Morgan fingerprint density at radius 2 is 0.585 bits per heavy atom. The zero-order valence-electron chi connectivity index (χ0n) is 52.8. The first-order chi connectivity index (χ1) is 39.4. The lowest BCUT2D eigenvalue weighted by Gasteiger charge is -2.21. The first-order valence-electron chi connectivity index (χ1n) is 33.1. The third-order valence-electron chi connectivity index (χ3n) is 15.2. The molecule has 486 valence electrons. The lowest BCUT2D eigenvalue weighted by atomic mass is 9.99. The highest BCUT2D eigenvalue weighted by molar-refractivity contribution is 7.47. The number of carbonyl (C=O) groups excluding carboxylic acids is 4. The van der Waals surface area contributed by atoms with Crippen molar-refractivity contribution >= 4 is 39.5 Å². The van der Waals surface area contributed by atoms with Crippen LogP contribution in [0.25, 0.3) is 0 Å². The predicted molar refractivity (Wildman–Crippen MR) is 326 cm³/mol. The molecule has 0 rings (SSSR count). The van der Waals surface area contributed by atoms with E-state index >= 15 is 0 Å². The van der Waals surface area contributed by atoms with Gasteiger partial charge in [0.05, 0.1) is 26.4 Å². The van der Waals surface area contributed by atoms with Gasteiger partial charge in [0.15, 0.2) is 12.2 Å². The van der Waals surface area contributed by atoms with Crippen LogP contribution in [0.15, 0.2) is 0 Å². The Balaban J connectivity index is 5.25. The summed E-state index contributed by atoms with van der Waals surface area (Å²) in [7, 11) is -9.88. The van der Waals surface area contributed by atoms with Gasteiger partial charge >= 0.3 is 39.5 Å². The zero-order valence-corrected chi connectivity index (χ0v) is 54.6. The van der Waals surface area contributed by atoms with Crippen molar-refractivity contribution in [3.05, 3.63) is 0 Å². The lowest BCUT2D eigenvalue weighted by Crippen LogP contribution is -2.30. The molecule has 0 bridgehead atoms. The number of unbranched alkanes of at least 4 members (excludes halogenated alkanes) is 30.